The summed E-state index contributed by atoms with van der Waals surface area (Å²) in [5, 5.41) is 25.9. The van der Waals surface area contributed by atoms with E-state index in [-0.39, 0.29) is 0 Å². The van der Waals surface area contributed by atoms with Crippen molar-refractivity contribution in [1.29, 1.82) is 0 Å². The fourth-order valence-corrected chi connectivity index (χ4v) is 0.403. The van der Waals surface area contributed by atoms with E-state index in [0.717, 1.165) is 0 Å². The molecule has 2 unspecified atom stereocenters. The van der Waals surface area contributed by atoms with E-state index in [9.17, 15) is 0 Å². The van der Waals surface area contributed by atoms with E-state index in [1.54, 1.807) is 0 Å². The number of hydrogen-bond acceptors (Lipinski definition) is 3. The summed E-state index contributed by atoms with van der Waals surface area (Å²) in [6, 6.07) is 0. The van der Waals surface area contributed by atoms with Crippen molar-refractivity contribution >= 4 is 0 Å². The summed E-state index contributed by atoms with van der Waals surface area (Å²) in [5.74, 6) is 4.97. The Morgan fingerprint density at radius 3 is 2.40 bits per heavy atom. The van der Waals surface area contributed by atoms with Crippen LogP contribution in [0.1, 0.15) is 13.3 Å². The van der Waals surface area contributed by atoms with Gasteiger partial charge >= 0.3 is 0 Å². The summed E-state index contributed by atoms with van der Waals surface area (Å²) < 4.78 is 0. The first kappa shape index (κ1) is 9.44. The molecule has 0 rings (SSSR count). The van der Waals surface area contributed by atoms with Gasteiger partial charge in [0.15, 0.2) is 0 Å². The van der Waals surface area contributed by atoms with Gasteiger partial charge in [-0.05, 0) is 0 Å². The lowest BCUT2D eigenvalue weighted by Crippen LogP contribution is -2.27. The Kier molecular flexibility index (Phi) is 4.95. The van der Waals surface area contributed by atoms with Crippen LogP contribution in [-0.2, 0) is 0 Å². The van der Waals surface area contributed by atoms with Crippen LogP contribution >= 0.6 is 0 Å². The molecule has 10 heavy (non-hydrogen) atoms. The normalized spacial score (nSPS) is 15.2. The lowest BCUT2D eigenvalue weighted by Gasteiger charge is -2.07. The molecule has 0 aromatic carbocycles. The lowest BCUT2D eigenvalue weighted by atomic mass is 10.2. The maximum atomic E-state index is 8.87. The first-order valence-corrected chi connectivity index (χ1v) is 3.17. The predicted molar refractivity (Wildman–Crippen MR) is 37.2 cm³/mol. The van der Waals surface area contributed by atoms with Crippen LogP contribution in [0.2, 0.25) is 0 Å². The van der Waals surface area contributed by atoms with Crippen molar-refractivity contribution in [1.82, 2.24) is 0 Å². The lowest BCUT2D eigenvalue weighted by molar-refractivity contribution is 0.0138. The van der Waals surface area contributed by atoms with Crippen molar-refractivity contribution in [3.63, 3.8) is 0 Å². The largest absolute Gasteiger partial charge is 0.394 e. The highest BCUT2D eigenvalue weighted by Crippen LogP contribution is 1.89. The zero-order valence-electron chi connectivity index (χ0n) is 5.91. The molecule has 0 bridgehead atoms. The number of hydrogen-bond donors (Lipinski definition) is 3. The molecular formula is C7H12O3. The number of aliphatic hydroxyl groups excluding tert-OH is 3. The Morgan fingerprint density at radius 1 is 1.40 bits per heavy atom. The molecule has 58 valence electrons. The number of aliphatic hydroxyl groups is 3. The van der Waals surface area contributed by atoms with Crippen LogP contribution in [0.5, 0.6) is 0 Å². The molecule has 0 saturated heterocycles. The molecule has 0 amide bonds. The maximum Gasteiger partial charge on any atom is 0.142 e. The minimum Gasteiger partial charge on any atom is -0.394 e. The van der Waals surface area contributed by atoms with Gasteiger partial charge in [0, 0.05) is 6.42 Å². The van der Waals surface area contributed by atoms with E-state index in [2.05, 4.69) is 11.8 Å². The van der Waals surface area contributed by atoms with Crippen molar-refractivity contribution in [2.24, 2.45) is 0 Å². The summed E-state index contributed by atoms with van der Waals surface area (Å²) in [6.07, 6.45) is -1.63. The van der Waals surface area contributed by atoms with Crippen LogP contribution in [0, 0.1) is 11.8 Å². The fourth-order valence-electron chi connectivity index (χ4n) is 0.403. The minimum absolute atomic E-state index is 0.459. The summed E-state index contributed by atoms with van der Waals surface area (Å²) in [6.45, 7) is 1.38. The second-order valence-electron chi connectivity index (χ2n) is 1.87. The highest BCUT2D eigenvalue weighted by atomic mass is 16.4. The summed E-state index contributed by atoms with van der Waals surface area (Å²) in [4.78, 5) is 0. The second kappa shape index (κ2) is 5.24. The third-order valence-corrected chi connectivity index (χ3v) is 0.978. The zero-order valence-corrected chi connectivity index (χ0v) is 5.91. The van der Waals surface area contributed by atoms with Crippen LogP contribution in [0.15, 0.2) is 0 Å². The van der Waals surface area contributed by atoms with Gasteiger partial charge in [0.1, 0.15) is 12.2 Å². The molecule has 3 N–H and O–H groups in total. The first-order valence-electron chi connectivity index (χ1n) is 3.17. The zero-order chi connectivity index (χ0) is 7.98. The van der Waals surface area contributed by atoms with Gasteiger partial charge < -0.3 is 15.3 Å². The molecule has 3 nitrogen and oxygen atoms in total. The Balaban J connectivity index is 3.71. The van der Waals surface area contributed by atoms with Gasteiger partial charge in [0.05, 0.1) is 6.61 Å². The highest BCUT2D eigenvalue weighted by molar-refractivity contribution is 5.05. The standard InChI is InChI=1S/C7H12O3/c1-2-3-4-6(9)7(10)5-8/h6-10H,2,5H2,1H3. The Hall–Kier alpha value is -0.560. The van der Waals surface area contributed by atoms with E-state index in [0.29, 0.717) is 6.42 Å². The van der Waals surface area contributed by atoms with Crippen LogP contribution < -0.4 is 0 Å². The van der Waals surface area contributed by atoms with Gasteiger partial charge in [-0.25, -0.2) is 0 Å². The van der Waals surface area contributed by atoms with E-state index in [1.165, 1.54) is 0 Å². The smallest absolute Gasteiger partial charge is 0.142 e. The fraction of sp³-hybridized carbons (Fsp3) is 0.714. The van der Waals surface area contributed by atoms with E-state index >= 15 is 0 Å². The molecule has 0 aliphatic heterocycles. The Labute approximate surface area is 60.3 Å². The van der Waals surface area contributed by atoms with Crippen molar-refractivity contribution in [2.75, 3.05) is 6.61 Å². The van der Waals surface area contributed by atoms with E-state index in [1.807, 2.05) is 6.92 Å². The van der Waals surface area contributed by atoms with Gasteiger partial charge in [-0.3, -0.25) is 0 Å². The predicted octanol–water partition coefficient (Wildman–Crippen LogP) is -0.886. The van der Waals surface area contributed by atoms with Crippen molar-refractivity contribution < 1.29 is 15.3 Å². The van der Waals surface area contributed by atoms with Crippen LogP contribution in [0.3, 0.4) is 0 Å². The summed E-state index contributed by atoms with van der Waals surface area (Å²) in [5.41, 5.74) is 0. The van der Waals surface area contributed by atoms with Crippen LogP contribution in [0.25, 0.3) is 0 Å². The second-order valence-corrected chi connectivity index (χ2v) is 1.87. The molecule has 0 fully saturated rings. The SMILES string of the molecule is CCC#CC(O)C(O)CO. The molecular weight excluding hydrogens is 132 g/mol. The van der Waals surface area contributed by atoms with Crippen LogP contribution in [0.4, 0.5) is 0 Å². The van der Waals surface area contributed by atoms with Gasteiger partial charge in [-0.2, -0.15) is 0 Å². The van der Waals surface area contributed by atoms with Crippen molar-refractivity contribution in [3.05, 3.63) is 0 Å². The molecule has 0 spiro atoms. The van der Waals surface area contributed by atoms with Gasteiger partial charge in [-0.1, -0.05) is 12.8 Å². The van der Waals surface area contributed by atoms with E-state index in [4.69, 9.17) is 15.3 Å². The quantitative estimate of drug-likeness (QED) is 0.441. The average molecular weight is 144 g/mol. The maximum absolute atomic E-state index is 8.87. The molecule has 0 aromatic rings. The number of rotatable bonds is 2. The topological polar surface area (TPSA) is 60.7 Å². The van der Waals surface area contributed by atoms with Crippen molar-refractivity contribution in [3.8, 4) is 11.8 Å². The highest BCUT2D eigenvalue weighted by Gasteiger charge is 2.10. The monoisotopic (exact) mass is 144 g/mol. The molecule has 0 saturated carbocycles. The Bertz CT molecular complexity index is 134. The average Bonchev–Trinajstić information content (AvgIpc) is 1.98. The molecule has 0 heterocycles. The van der Waals surface area contributed by atoms with Gasteiger partial charge in [-0.15, -0.1) is 5.92 Å². The molecule has 0 aliphatic carbocycles. The summed E-state index contributed by atoms with van der Waals surface area (Å²) >= 11 is 0. The van der Waals surface area contributed by atoms with E-state index < -0.39 is 18.8 Å². The summed E-state index contributed by atoms with van der Waals surface area (Å²) in [7, 11) is 0. The third kappa shape index (κ3) is 3.46. The Morgan fingerprint density at radius 2 is 2.00 bits per heavy atom. The van der Waals surface area contributed by atoms with Gasteiger partial charge in [0.2, 0.25) is 0 Å². The first-order chi connectivity index (χ1) is 4.72. The minimum atomic E-state index is -1.14. The third-order valence-electron chi connectivity index (χ3n) is 0.978. The molecule has 3 heteroatoms. The van der Waals surface area contributed by atoms with Crippen LogP contribution in [-0.4, -0.2) is 34.1 Å². The molecule has 0 aliphatic rings. The van der Waals surface area contributed by atoms with Gasteiger partial charge in [0.25, 0.3) is 0 Å². The molecule has 0 radical (unpaired) electrons. The molecule has 0 aromatic heterocycles. The van der Waals surface area contributed by atoms with Crippen molar-refractivity contribution in [2.45, 2.75) is 25.6 Å². The molecule has 2 atom stereocenters.